The van der Waals surface area contributed by atoms with Gasteiger partial charge in [-0.1, -0.05) is 6.07 Å². The summed E-state index contributed by atoms with van der Waals surface area (Å²) < 4.78 is 15.3. The van der Waals surface area contributed by atoms with Gasteiger partial charge in [0.1, 0.15) is 11.5 Å². The second kappa shape index (κ2) is 9.62. The monoisotopic (exact) mass is 375 g/mol. The smallest absolute Gasteiger partial charge is 0.331 e. The molecule has 0 aliphatic rings. The fraction of sp³-hybridized carbons (Fsp3) is 0.263. The van der Waals surface area contributed by atoms with Gasteiger partial charge in [-0.3, -0.25) is 4.79 Å². The first-order valence-electron chi connectivity index (χ1n) is 7.93. The SMILES string of the molecule is COc1ccc(/C=C/C(=O)OCC(=O)N[C@H](C)c2cccs2)c(OC)c1. The highest BCUT2D eigenvalue weighted by atomic mass is 32.1. The zero-order valence-corrected chi connectivity index (χ0v) is 15.7. The lowest BCUT2D eigenvalue weighted by atomic mass is 10.2. The van der Waals surface area contributed by atoms with Gasteiger partial charge in [-0.2, -0.15) is 0 Å². The van der Waals surface area contributed by atoms with Gasteiger partial charge >= 0.3 is 5.97 Å². The Morgan fingerprint density at radius 2 is 2.04 bits per heavy atom. The third kappa shape index (κ3) is 5.63. The van der Waals surface area contributed by atoms with Crippen LogP contribution in [0.2, 0.25) is 0 Å². The lowest BCUT2D eigenvalue weighted by molar-refractivity contribution is -0.144. The second-order valence-corrected chi connectivity index (χ2v) is 6.33. The maximum atomic E-state index is 11.9. The quantitative estimate of drug-likeness (QED) is 0.567. The van der Waals surface area contributed by atoms with Crippen molar-refractivity contribution in [1.82, 2.24) is 5.32 Å². The second-order valence-electron chi connectivity index (χ2n) is 5.35. The molecule has 1 amide bonds. The fourth-order valence-corrected chi connectivity index (χ4v) is 2.93. The maximum Gasteiger partial charge on any atom is 0.331 e. The van der Waals surface area contributed by atoms with Crippen LogP contribution in [-0.2, 0) is 14.3 Å². The van der Waals surface area contributed by atoms with Crippen LogP contribution in [0.1, 0.15) is 23.4 Å². The molecule has 1 heterocycles. The third-order valence-corrected chi connectivity index (χ3v) is 4.59. The van der Waals surface area contributed by atoms with E-state index in [0.717, 1.165) is 4.88 Å². The summed E-state index contributed by atoms with van der Waals surface area (Å²) in [6, 6.07) is 8.96. The predicted octanol–water partition coefficient (Wildman–Crippen LogP) is 3.20. The van der Waals surface area contributed by atoms with Crippen molar-refractivity contribution in [2.45, 2.75) is 13.0 Å². The normalized spacial score (nSPS) is 11.8. The van der Waals surface area contributed by atoms with E-state index in [1.165, 1.54) is 13.2 Å². The molecule has 0 saturated heterocycles. The van der Waals surface area contributed by atoms with Gasteiger partial charge in [0.15, 0.2) is 6.61 Å². The maximum absolute atomic E-state index is 11.9. The van der Waals surface area contributed by atoms with Crippen molar-refractivity contribution in [3.05, 3.63) is 52.2 Å². The number of benzene rings is 1. The van der Waals surface area contributed by atoms with Crippen molar-refractivity contribution in [3.8, 4) is 11.5 Å². The van der Waals surface area contributed by atoms with Crippen molar-refractivity contribution in [1.29, 1.82) is 0 Å². The summed E-state index contributed by atoms with van der Waals surface area (Å²) in [5.41, 5.74) is 0.695. The van der Waals surface area contributed by atoms with E-state index < -0.39 is 5.97 Å². The first-order valence-corrected chi connectivity index (χ1v) is 8.81. The van der Waals surface area contributed by atoms with Crippen molar-refractivity contribution >= 4 is 29.3 Å². The van der Waals surface area contributed by atoms with Crippen LogP contribution in [-0.4, -0.2) is 32.7 Å². The van der Waals surface area contributed by atoms with Crippen LogP contribution in [0.4, 0.5) is 0 Å². The Hall–Kier alpha value is -2.80. The number of thiophene rings is 1. The Kier molecular flexibility index (Phi) is 7.23. The van der Waals surface area contributed by atoms with Crippen LogP contribution < -0.4 is 14.8 Å². The van der Waals surface area contributed by atoms with Crippen molar-refractivity contribution < 1.29 is 23.8 Å². The van der Waals surface area contributed by atoms with E-state index >= 15 is 0 Å². The molecule has 2 rings (SSSR count). The largest absolute Gasteiger partial charge is 0.497 e. The number of nitrogens with one attached hydrogen (secondary N) is 1. The highest BCUT2D eigenvalue weighted by molar-refractivity contribution is 7.10. The molecule has 0 aliphatic heterocycles. The van der Waals surface area contributed by atoms with Crippen molar-refractivity contribution in [2.24, 2.45) is 0 Å². The number of esters is 1. The lowest BCUT2D eigenvalue weighted by Crippen LogP contribution is -2.30. The van der Waals surface area contributed by atoms with Gasteiger partial charge in [0, 0.05) is 22.6 Å². The summed E-state index contributed by atoms with van der Waals surface area (Å²) in [6.07, 6.45) is 2.81. The third-order valence-electron chi connectivity index (χ3n) is 3.53. The van der Waals surface area contributed by atoms with Gasteiger partial charge in [-0.15, -0.1) is 11.3 Å². The molecule has 0 saturated carbocycles. The number of carbonyl (C=O) groups excluding carboxylic acids is 2. The van der Waals surface area contributed by atoms with Crippen molar-refractivity contribution in [2.75, 3.05) is 20.8 Å². The average Bonchev–Trinajstić information content (AvgIpc) is 3.19. The Balaban J connectivity index is 1.84. The summed E-state index contributed by atoms with van der Waals surface area (Å²) in [5, 5.41) is 4.72. The van der Waals surface area contributed by atoms with E-state index in [1.807, 2.05) is 24.4 Å². The van der Waals surface area contributed by atoms with E-state index in [2.05, 4.69) is 5.32 Å². The molecule has 0 radical (unpaired) electrons. The standard InChI is InChI=1S/C19H21NO5S/c1-13(17-5-4-10-26-17)20-18(21)12-25-19(22)9-7-14-6-8-15(23-2)11-16(14)24-3/h4-11,13H,12H2,1-3H3,(H,20,21)/b9-7+/t13-/m1/s1. The molecule has 1 N–H and O–H groups in total. The van der Waals surface area contributed by atoms with Gasteiger partial charge in [-0.05, 0) is 36.6 Å². The molecule has 0 aliphatic carbocycles. The molecule has 0 fully saturated rings. The summed E-state index contributed by atoms with van der Waals surface area (Å²) in [4.78, 5) is 24.7. The zero-order valence-electron chi connectivity index (χ0n) is 14.9. The molecular weight excluding hydrogens is 354 g/mol. The Morgan fingerprint density at radius 3 is 2.69 bits per heavy atom. The van der Waals surface area contributed by atoms with Crippen LogP contribution in [0, 0.1) is 0 Å². The Morgan fingerprint density at radius 1 is 1.23 bits per heavy atom. The first kappa shape index (κ1) is 19.5. The lowest BCUT2D eigenvalue weighted by Gasteiger charge is -2.11. The van der Waals surface area contributed by atoms with Gasteiger partial charge in [0.25, 0.3) is 5.91 Å². The average molecular weight is 375 g/mol. The molecule has 1 aromatic heterocycles. The number of hydrogen-bond donors (Lipinski definition) is 1. The van der Waals surface area contributed by atoms with Gasteiger partial charge < -0.3 is 19.5 Å². The molecule has 2 aromatic rings. The summed E-state index contributed by atoms with van der Waals surface area (Å²) in [5.74, 6) is 0.255. The number of hydrogen-bond acceptors (Lipinski definition) is 6. The molecule has 0 spiro atoms. The molecule has 0 unspecified atom stereocenters. The number of methoxy groups -OCH3 is 2. The van der Waals surface area contributed by atoms with Gasteiger partial charge in [0.05, 0.1) is 20.3 Å². The molecule has 138 valence electrons. The molecule has 1 atom stereocenters. The van der Waals surface area contributed by atoms with E-state index in [4.69, 9.17) is 14.2 Å². The number of ether oxygens (including phenoxy) is 3. The number of carbonyl (C=O) groups is 2. The van der Waals surface area contributed by atoms with Crippen LogP contribution in [0.15, 0.2) is 41.8 Å². The van der Waals surface area contributed by atoms with E-state index in [1.54, 1.807) is 42.7 Å². The van der Waals surface area contributed by atoms with E-state index in [0.29, 0.717) is 17.1 Å². The molecule has 26 heavy (non-hydrogen) atoms. The summed E-state index contributed by atoms with van der Waals surface area (Å²) in [6.45, 7) is 1.54. The molecule has 6 nitrogen and oxygen atoms in total. The van der Waals surface area contributed by atoms with Gasteiger partial charge in [-0.25, -0.2) is 4.79 Å². The highest BCUT2D eigenvalue weighted by Gasteiger charge is 2.11. The molecule has 0 bridgehead atoms. The Bertz CT molecular complexity index is 770. The first-order chi connectivity index (χ1) is 12.5. The summed E-state index contributed by atoms with van der Waals surface area (Å²) in [7, 11) is 3.09. The van der Waals surface area contributed by atoms with Crippen LogP contribution in [0.3, 0.4) is 0 Å². The number of rotatable bonds is 8. The van der Waals surface area contributed by atoms with Crippen LogP contribution in [0.5, 0.6) is 11.5 Å². The molecular formula is C19H21NO5S. The van der Waals surface area contributed by atoms with E-state index in [9.17, 15) is 9.59 Å². The fourth-order valence-electron chi connectivity index (χ4n) is 2.19. The Labute approximate surface area is 156 Å². The topological polar surface area (TPSA) is 73.9 Å². The van der Waals surface area contributed by atoms with E-state index in [-0.39, 0.29) is 18.6 Å². The zero-order chi connectivity index (χ0) is 18.9. The minimum Gasteiger partial charge on any atom is -0.497 e. The van der Waals surface area contributed by atoms with Crippen molar-refractivity contribution in [3.63, 3.8) is 0 Å². The van der Waals surface area contributed by atoms with Crippen LogP contribution >= 0.6 is 11.3 Å². The minimum atomic E-state index is -0.609. The molecule has 1 aromatic carbocycles. The highest BCUT2D eigenvalue weighted by Crippen LogP contribution is 2.25. The summed E-state index contributed by atoms with van der Waals surface area (Å²) >= 11 is 1.55. The predicted molar refractivity (Wildman–Crippen MR) is 100 cm³/mol. The molecule has 7 heteroatoms. The van der Waals surface area contributed by atoms with Crippen LogP contribution in [0.25, 0.3) is 6.08 Å². The number of amides is 1. The minimum absolute atomic E-state index is 0.125. The van der Waals surface area contributed by atoms with Gasteiger partial charge in [0.2, 0.25) is 0 Å².